The maximum atomic E-state index is 12.1. The van der Waals surface area contributed by atoms with Gasteiger partial charge in [0.05, 0.1) is 0 Å². The Morgan fingerprint density at radius 2 is 2.00 bits per heavy atom. The molecule has 1 heterocycles. The van der Waals surface area contributed by atoms with E-state index in [-0.39, 0.29) is 17.0 Å². The van der Waals surface area contributed by atoms with Gasteiger partial charge in [0.1, 0.15) is 5.60 Å². The molecular weight excluding hydrogens is 324 g/mol. The Kier molecular flexibility index (Phi) is 2.96. The van der Waals surface area contributed by atoms with E-state index in [0.29, 0.717) is 23.5 Å². The molecule has 26 heavy (non-hydrogen) atoms. The Balaban J connectivity index is 1.40. The van der Waals surface area contributed by atoms with Crippen molar-refractivity contribution < 1.29 is 14.3 Å². The number of carbonyl (C=O) groups is 2. The molecule has 0 saturated heterocycles. The molecule has 0 N–H and O–H groups in total. The van der Waals surface area contributed by atoms with Crippen molar-refractivity contribution in [2.24, 2.45) is 40.9 Å². The lowest BCUT2D eigenvalue weighted by Gasteiger charge is -2.58. The van der Waals surface area contributed by atoms with E-state index in [1.165, 1.54) is 31.3 Å². The number of esters is 1. The van der Waals surface area contributed by atoms with E-state index in [0.717, 1.165) is 43.4 Å². The van der Waals surface area contributed by atoms with Gasteiger partial charge in [0.25, 0.3) is 0 Å². The van der Waals surface area contributed by atoms with Crippen LogP contribution in [0.1, 0.15) is 58.3 Å². The van der Waals surface area contributed by atoms with Crippen LogP contribution < -0.4 is 0 Å². The molecule has 3 unspecified atom stereocenters. The molecule has 6 rings (SSSR count). The molecule has 138 valence electrons. The molecule has 0 radical (unpaired) electrons. The van der Waals surface area contributed by atoms with Gasteiger partial charge in [-0.1, -0.05) is 12.5 Å². The van der Waals surface area contributed by atoms with Crippen molar-refractivity contribution in [2.75, 3.05) is 0 Å². The van der Waals surface area contributed by atoms with Crippen LogP contribution in [0.25, 0.3) is 0 Å². The summed E-state index contributed by atoms with van der Waals surface area (Å²) < 4.78 is 6.12. The molecule has 3 heteroatoms. The molecule has 0 aromatic carbocycles. The summed E-state index contributed by atoms with van der Waals surface area (Å²) in [4.78, 5) is 23.9. The minimum atomic E-state index is -0.294. The normalized spacial score (nSPS) is 53.5. The SMILES string of the molecule is CC[C@]12CCC3C(CCC4=CC(=O)CC[C@@H]43)C1[C@H]1C[C@H]1[C@@]21C=CC(=O)O1. The minimum Gasteiger partial charge on any atom is -0.451 e. The zero-order valence-electron chi connectivity index (χ0n) is 15.6. The lowest BCUT2D eigenvalue weighted by molar-refractivity contribution is -0.171. The number of rotatable bonds is 1. The van der Waals surface area contributed by atoms with E-state index in [4.69, 9.17) is 4.74 Å². The summed E-state index contributed by atoms with van der Waals surface area (Å²) in [7, 11) is 0. The number of ether oxygens (including phenoxy) is 1. The van der Waals surface area contributed by atoms with Gasteiger partial charge >= 0.3 is 5.97 Å². The van der Waals surface area contributed by atoms with Crippen molar-refractivity contribution in [1.29, 1.82) is 0 Å². The molecule has 8 atom stereocenters. The third kappa shape index (κ3) is 1.67. The molecule has 1 spiro atoms. The predicted octanol–water partition coefficient (Wildman–Crippen LogP) is 4.23. The summed E-state index contributed by atoms with van der Waals surface area (Å²) in [6.07, 6.45) is 14.9. The highest BCUT2D eigenvalue weighted by Gasteiger charge is 2.78. The van der Waals surface area contributed by atoms with Gasteiger partial charge in [0, 0.05) is 23.8 Å². The number of hydrogen-bond acceptors (Lipinski definition) is 3. The van der Waals surface area contributed by atoms with Gasteiger partial charge < -0.3 is 4.74 Å². The molecule has 4 saturated carbocycles. The third-order valence-electron chi connectivity index (χ3n) is 9.38. The van der Waals surface area contributed by atoms with Crippen LogP contribution in [0.15, 0.2) is 23.8 Å². The first-order valence-corrected chi connectivity index (χ1v) is 10.7. The molecule has 4 fully saturated rings. The Labute approximate surface area is 155 Å². The van der Waals surface area contributed by atoms with Gasteiger partial charge in [-0.2, -0.15) is 0 Å². The molecule has 0 aromatic rings. The van der Waals surface area contributed by atoms with E-state index >= 15 is 0 Å². The predicted molar refractivity (Wildman–Crippen MR) is 97.0 cm³/mol. The Morgan fingerprint density at radius 1 is 1.12 bits per heavy atom. The van der Waals surface area contributed by atoms with Crippen LogP contribution in [0.2, 0.25) is 0 Å². The molecule has 1 aliphatic heterocycles. The monoisotopic (exact) mass is 352 g/mol. The van der Waals surface area contributed by atoms with E-state index < -0.39 is 0 Å². The second-order valence-electron chi connectivity index (χ2n) is 9.82. The Morgan fingerprint density at radius 3 is 2.77 bits per heavy atom. The van der Waals surface area contributed by atoms with Crippen molar-refractivity contribution in [1.82, 2.24) is 0 Å². The van der Waals surface area contributed by atoms with Gasteiger partial charge in [-0.25, -0.2) is 4.79 Å². The van der Waals surface area contributed by atoms with Gasteiger partial charge in [0.15, 0.2) is 5.78 Å². The van der Waals surface area contributed by atoms with Crippen molar-refractivity contribution in [3.8, 4) is 0 Å². The summed E-state index contributed by atoms with van der Waals surface area (Å²) in [5.41, 5.74) is 1.33. The number of allylic oxidation sites excluding steroid dienone is 1. The maximum Gasteiger partial charge on any atom is 0.331 e. The standard InChI is InChI=1S/C23H28O3/c1-2-22-9-7-16-15-6-4-14(24)11-13(15)3-5-17(16)21(22)18-12-19(18)23(22)10-8-20(25)26-23/h8,10-11,15-19,21H,2-7,9,12H2,1H3/t15-,16?,17?,18-,19+,21?,22-,23-/m0/s1. The molecule has 0 aromatic heterocycles. The molecule has 3 nitrogen and oxygen atoms in total. The largest absolute Gasteiger partial charge is 0.451 e. The van der Waals surface area contributed by atoms with Crippen LogP contribution in [0.3, 0.4) is 0 Å². The molecule has 0 bridgehead atoms. The topological polar surface area (TPSA) is 43.4 Å². The van der Waals surface area contributed by atoms with Crippen LogP contribution in [0.5, 0.6) is 0 Å². The lowest BCUT2D eigenvalue weighted by Crippen LogP contribution is -2.56. The van der Waals surface area contributed by atoms with Gasteiger partial charge in [0.2, 0.25) is 0 Å². The van der Waals surface area contributed by atoms with Gasteiger partial charge in [-0.15, -0.1) is 0 Å². The smallest absolute Gasteiger partial charge is 0.331 e. The van der Waals surface area contributed by atoms with Crippen LogP contribution in [-0.2, 0) is 14.3 Å². The van der Waals surface area contributed by atoms with Crippen molar-refractivity contribution in [3.63, 3.8) is 0 Å². The van der Waals surface area contributed by atoms with Crippen molar-refractivity contribution in [3.05, 3.63) is 23.8 Å². The van der Waals surface area contributed by atoms with Crippen LogP contribution in [0, 0.1) is 40.9 Å². The minimum absolute atomic E-state index is 0.120. The highest BCUT2D eigenvalue weighted by Crippen LogP contribution is 2.78. The summed E-state index contributed by atoms with van der Waals surface area (Å²) >= 11 is 0. The maximum absolute atomic E-state index is 12.1. The average molecular weight is 352 g/mol. The van der Waals surface area contributed by atoms with E-state index in [1.807, 2.05) is 6.08 Å². The van der Waals surface area contributed by atoms with Crippen LogP contribution in [-0.4, -0.2) is 17.4 Å². The fourth-order valence-corrected chi connectivity index (χ4v) is 8.56. The molecular formula is C23H28O3. The molecule has 5 aliphatic carbocycles. The van der Waals surface area contributed by atoms with Gasteiger partial charge in [-0.3, -0.25) is 4.79 Å². The lowest BCUT2D eigenvalue weighted by atomic mass is 9.48. The van der Waals surface area contributed by atoms with Crippen LogP contribution in [0.4, 0.5) is 0 Å². The fraction of sp³-hybridized carbons (Fsp3) is 0.739. The number of hydrogen-bond donors (Lipinski definition) is 0. The summed E-state index contributed by atoms with van der Waals surface area (Å²) in [5.74, 6) is 4.44. The first-order valence-electron chi connectivity index (χ1n) is 10.7. The van der Waals surface area contributed by atoms with Crippen LogP contribution >= 0.6 is 0 Å². The number of ketones is 1. The second-order valence-corrected chi connectivity index (χ2v) is 9.82. The van der Waals surface area contributed by atoms with Gasteiger partial charge in [-0.05, 0) is 86.7 Å². The second kappa shape index (κ2) is 4.91. The first-order chi connectivity index (χ1) is 12.6. The van der Waals surface area contributed by atoms with E-state index in [9.17, 15) is 9.59 Å². The highest BCUT2D eigenvalue weighted by molar-refractivity contribution is 5.91. The molecule has 0 amide bonds. The third-order valence-corrected chi connectivity index (χ3v) is 9.38. The zero-order chi connectivity index (χ0) is 17.7. The zero-order valence-corrected chi connectivity index (χ0v) is 15.6. The molecule has 6 aliphatic rings. The first kappa shape index (κ1) is 15.7. The van der Waals surface area contributed by atoms with Crippen molar-refractivity contribution in [2.45, 2.75) is 63.9 Å². The Bertz CT molecular complexity index is 763. The quantitative estimate of drug-likeness (QED) is 0.664. The highest BCUT2D eigenvalue weighted by atomic mass is 16.6. The number of carbonyl (C=O) groups excluding carboxylic acids is 2. The average Bonchev–Trinajstić information content (AvgIpc) is 3.29. The number of fused-ring (bicyclic) bond motifs is 9. The fourth-order valence-electron chi connectivity index (χ4n) is 8.56. The summed E-state index contributed by atoms with van der Waals surface area (Å²) in [5, 5.41) is 0. The van der Waals surface area contributed by atoms with E-state index in [1.54, 1.807) is 6.08 Å². The van der Waals surface area contributed by atoms with E-state index in [2.05, 4.69) is 13.0 Å². The van der Waals surface area contributed by atoms with Crippen molar-refractivity contribution >= 4 is 11.8 Å². The summed E-state index contributed by atoms with van der Waals surface area (Å²) in [6, 6.07) is 0. The Hall–Kier alpha value is -1.38. The summed E-state index contributed by atoms with van der Waals surface area (Å²) in [6.45, 7) is 2.33.